The smallest absolute Gasteiger partial charge is 0.127 e. The average Bonchev–Trinajstić information content (AvgIpc) is 2.82. The fraction of sp³-hybridized carbons (Fsp3) is 0.273. The summed E-state index contributed by atoms with van der Waals surface area (Å²) in [6, 6.07) is 3.43. The number of nitrogens with one attached hydrogen (secondary N) is 1. The van der Waals surface area contributed by atoms with E-state index < -0.39 is 11.6 Å². The average molecular weight is 238 g/mol. The lowest BCUT2D eigenvalue weighted by Crippen LogP contribution is -2.20. The molecule has 17 heavy (non-hydrogen) atoms. The van der Waals surface area contributed by atoms with E-state index in [1.807, 2.05) is 0 Å². The predicted molar refractivity (Wildman–Crippen MR) is 58.1 cm³/mol. The van der Waals surface area contributed by atoms with Crippen molar-refractivity contribution in [3.63, 3.8) is 0 Å². The number of nitrogens with zero attached hydrogens (tertiary/aromatic N) is 3. The summed E-state index contributed by atoms with van der Waals surface area (Å²) >= 11 is 0. The first-order valence-corrected chi connectivity index (χ1v) is 5.24. The highest BCUT2D eigenvalue weighted by atomic mass is 19.1. The molecule has 1 aromatic carbocycles. The van der Waals surface area contributed by atoms with E-state index in [1.54, 1.807) is 17.1 Å². The second kappa shape index (κ2) is 5.49. The van der Waals surface area contributed by atoms with E-state index in [2.05, 4.69) is 15.6 Å². The van der Waals surface area contributed by atoms with Crippen molar-refractivity contribution in [2.24, 2.45) is 0 Å². The maximum atomic E-state index is 13.2. The van der Waals surface area contributed by atoms with Crippen LogP contribution in [0.3, 0.4) is 0 Å². The second-order valence-corrected chi connectivity index (χ2v) is 3.58. The van der Waals surface area contributed by atoms with Gasteiger partial charge in [-0.25, -0.2) is 8.78 Å². The van der Waals surface area contributed by atoms with Gasteiger partial charge in [0.15, 0.2) is 0 Å². The van der Waals surface area contributed by atoms with Crippen LogP contribution in [0.5, 0.6) is 0 Å². The third-order valence-electron chi connectivity index (χ3n) is 2.31. The molecule has 0 aliphatic heterocycles. The van der Waals surface area contributed by atoms with Crippen molar-refractivity contribution in [1.29, 1.82) is 0 Å². The standard InChI is InChI=1S/C11H12F2N4/c12-10-1-2-11(13)9(7-10)8-14-3-5-17-6-4-15-16-17/h1-2,4,6-7,14H,3,5,8H2. The molecule has 2 rings (SSSR count). The summed E-state index contributed by atoms with van der Waals surface area (Å²) in [4.78, 5) is 0. The zero-order chi connectivity index (χ0) is 12.1. The zero-order valence-electron chi connectivity index (χ0n) is 9.11. The highest BCUT2D eigenvalue weighted by Crippen LogP contribution is 2.08. The van der Waals surface area contributed by atoms with Crippen LogP contribution in [0.15, 0.2) is 30.6 Å². The molecule has 0 saturated carbocycles. The van der Waals surface area contributed by atoms with E-state index in [4.69, 9.17) is 0 Å². The Labute approximate surface area is 97.3 Å². The van der Waals surface area contributed by atoms with Crippen LogP contribution < -0.4 is 5.32 Å². The molecule has 0 aliphatic carbocycles. The molecule has 0 spiro atoms. The van der Waals surface area contributed by atoms with Gasteiger partial charge in [-0.2, -0.15) is 0 Å². The Kier molecular flexibility index (Phi) is 3.77. The summed E-state index contributed by atoms with van der Waals surface area (Å²) < 4.78 is 27.8. The van der Waals surface area contributed by atoms with Gasteiger partial charge in [-0.3, -0.25) is 4.68 Å². The SMILES string of the molecule is Fc1ccc(F)c(CNCCn2ccnn2)c1. The number of halogens is 2. The zero-order valence-corrected chi connectivity index (χ0v) is 9.11. The van der Waals surface area contributed by atoms with Crippen molar-refractivity contribution in [2.75, 3.05) is 6.54 Å². The maximum absolute atomic E-state index is 13.2. The Morgan fingerprint density at radius 1 is 1.29 bits per heavy atom. The minimum Gasteiger partial charge on any atom is -0.311 e. The summed E-state index contributed by atoms with van der Waals surface area (Å²) in [5.41, 5.74) is 0.323. The van der Waals surface area contributed by atoms with Crippen LogP contribution in [-0.4, -0.2) is 21.5 Å². The highest BCUT2D eigenvalue weighted by Gasteiger charge is 2.02. The number of rotatable bonds is 5. The molecule has 4 nitrogen and oxygen atoms in total. The van der Waals surface area contributed by atoms with E-state index in [1.165, 1.54) is 6.07 Å². The monoisotopic (exact) mass is 238 g/mol. The van der Waals surface area contributed by atoms with Crippen LogP contribution in [0.2, 0.25) is 0 Å². The Balaban J connectivity index is 1.80. The second-order valence-electron chi connectivity index (χ2n) is 3.58. The van der Waals surface area contributed by atoms with Crippen molar-refractivity contribution in [2.45, 2.75) is 13.1 Å². The number of aromatic nitrogens is 3. The molecule has 1 N–H and O–H groups in total. The molecule has 0 aliphatic rings. The molecule has 6 heteroatoms. The van der Waals surface area contributed by atoms with Gasteiger partial charge in [-0.1, -0.05) is 5.21 Å². The lowest BCUT2D eigenvalue weighted by Gasteiger charge is -2.06. The van der Waals surface area contributed by atoms with Crippen molar-refractivity contribution < 1.29 is 8.78 Å². The minimum atomic E-state index is -0.431. The fourth-order valence-electron chi connectivity index (χ4n) is 1.45. The molecular weight excluding hydrogens is 226 g/mol. The van der Waals surface area contributed by atoms with Crippen LogP contribution in [0.25, 0.3) is 0 Å². The maximum Gasteiger partial charge on any atom is 0.127 e. The quantitative estimate of drug-likeness (QED) is 0.799. The molecule has 0 fully saturated rings. The highest BCUT2D eigenvalue weighted by molar-refractivity contribution is 5.18. The van der Waals surface area contributed by atoms with Gasteiger partial charge in [-0.15, -0.1) is 5.10 Å². The molecule has 0 saturated heterocycles. The molecule has 0 atom stereocenters. The van der Waals surface area contributed by atoms with Gasteiger partial charge < -0.3 is 5.32 Å². The van der Waals surface area contributed by atoms with Gasteiger partial charge in [0.1, 0.15) is 11.6 Å². The number of hydrogen-bond donors (Lipinski definition) is 1. The molecule has 90 valence electrons. The van der Waals surface area contributed by atoms with Gasteiger partial charge in [0.25, 0.3) is 0 Å². The third kappa shape index (κ3) is 3.32. The van der Waals surface area contributed by atoms with E-state index >= 15 is 0 Å². The summed E-state index contributed by atoms with van der Waals surface area (Å²) in [5, 5.41) is 10.5. The molecular formula is C11H12F2N4. The molecule has 1 heterocycles. The van der Waals surface area contributed by atoms with E-state index in [-0.39, 0.29) is 6.54 Å². The van der Waals surface area contributed by atoms with Gasteiger partial charge in [0, 0.05) is 24.8 Å². The van der Waals surface area contributed by atoms with Crippen molar-refractivity contribution >= 4 is 0 Å². The van der Waals surface area contributed by atoms with Crippen LogP contribution >= 0.6 is 0 Å². The van der Waals surface area contributed by atoms with Gasteiger partial charge in [0.2, 0.25) is 0 Å². The van der Waals surface area contributed by atoms with Gasteiger partial charge >= 0.3 is 0 Å². The molecule has 0 bridgehead atoms. The molecule has 2 aromatic rings. The molecule has 0 radical (unpaired) electrons. The predicted octanol–water partition coefficient (Wildman–Crippen LogP) is 1.35. The van der Waals surface area contributed by atoms with Crippen LogP contribution in [0, 0.1) is 11.6 Å². The molecule has 1 aromatic heterocycles. The van der Waals surface area contributed by atoms with E-state index in [9.17, 15) is 8.78 Å². The van der Waals surface area contributed by atoms with Crippen molar-refractivity contribution in [3.8, 4) is 0 Å². The normalized spacial score (nSPS) is 10.7. The van der Waals surface area contributed by atoms with Crippen LogP contribution in [-0.2, 0) is 13.1 Å². The van der Waals surface area contributed by atoms with E-state index in [0.29, 0.717) is 18.7 Å². The third-order valence-corrected chi connectivity index (χ3v) is 2.31. The van der Waals surface area contributed by atoms with Crippen LogP contribution in [0.1, 0.15) is 5.56 Å². The Bertz CT molecular complexity index is 470. The van der Waals surface area contributed by atoms with Crippen LogP contribution in [0.4, 0.5) is 8.78 Å². The molecule has 0 amide bonds. The first-order chi connectivity index (χ1) is 8.25. The summed E-state index contributed by atoms with van der Waals surface area (Å²) in [5.74, 6) is -0.834. The Morgan fingerprint density at radius 2 is 2.18 bits per heavy atom. The topological polar surface area (TPSA) is 42.7 Å². The lowest BCUT2D eigenvalue weighted by molar-refractivity contribution is 0.525. The first-order valence-electron chi connectivity index (χ1n) is 5.24. The summed E-state index contributed by atoms with van der Waals surface area (Å²) in [7, 11) is 0. The number of benzene rings is 1. The lowest BCUT2D eigenvalue weighted by atomic mass is 10.2. The van der Waals surface area contributed by atoms with E-state index in [0.717, 1.165) is 12.1 Å². The number of hydrogen-bond acceptors (Lipinski definition) is 3. The summed E-state index contributed by atoms with van der Waals surface area (Å²) in [6.45, 7) is 1.54. The van der Waals surface area contributed by atoms with Crippen molar-refractivity contribution in [3.05, 3.63) is 47.8 Å². The van der Waals surface area contributed by atoms with Crippen molar-refractivity contribution in [1.82, 2.24) is 20.3 Å². The Hall–Kier alpha value is -1.82. The first kappa shape index (κ1) is 11.7. The molecule has 0 unspecified atom stereocenters. The minimum absolute atomic E-state index is 0.290. The summed E-state index contributed by atoms with van der Waals surface area (Å²) in [6.07, 6.45) is 3.33. The largest absolute Gasteiger partial charge is 0.311 e. The van der Waals surface area contributed by atoms with Gasteiger partial charge in [0.05, 0.1) is 12.7 Å². The Morgan fingerprint density at radius 3 is 2.94 bits per heavy atom. The van der Waals surface area contributed by atoms with Gasteiger partial charge in [-0.05, 0) is 18.2 Å². The fourth-order valence-corrected chi connectivity index (χ4v) is 1.45.